The van der Waals surface area contributed by atoms with E-state index in [1.165, 1.54) is 11.8 Å². The Kier molecular flexibility index (Phi) is 43.2. The van der Waals surface area contributed by atoms with Gasteiger partial charge in [-0.15, -0.1) is 0 Å². The zero-order valence-corrected chi connectivity index (χ0v) is 47.6. The highest BCUT2D eigenvalue weighted by atomic mass is 32.2. The van der Waals surface area contributed by atoms with Gasteiger partial charge in [-0.25, -0.2) is 0 Å². The molecule has 0 aromatic rings. The van der Waals surface area contributed by atoms with Crippen LogP contribution in [0.25, 0.3) is 0 Å². The number of ether oxygens (including phenoxy) is 6. The first kappa shape index (κ1) is 68.8. The van der Waals surface area contributed by atoms with Crippen molar-refractivity contribution in [2.75, 3.05) is 66.0 Å². The van der Waals surface area contributed by atoms with Crippen molar-refractivity contribution in [2.45, 2.75) is 241 Å². The predicted molar refractivity (Wildman–Crippen MR) is 287 cm³/mol. The minimum Gasteiger partial charge on any atom is -0.465 e. The third-order valence-corrected chi connectivity index (χ3v) is 13.7. The number of unbranched alkanes of at least 4 members (excludes halogenated alkanes) is 16. The van der Waals surface area contributed by atoms with Crippen molar-refractivity contribution in [2.24, 2.45) is 16.7 Å². The van der Waals surface area contributed by atoms with Crippen LogP contribution in [-0.2, 0) is 62.0 Å². The van der Waals surface area contributed by atoms with Gasteiger partial charge in [-0.1, -0.05) is 142 Å². The Balaban J connectivity index is 5.58. The van der Waals surface area contributed by atoms with Crippen molar-refractivity contribution in [3.05, 3.63) is 0 Å². The molecule has 14 nitrogen and oxygen atoms in total. The summed E-state index contributed by atoms with van der Waals surface area (Å²) in [6.07, 6.45) is 23.6. The van der Waals surface area contributed by atoms with E-state index in [0.717, 1.165) is 141 Å². The molecule has 0 bridgehead atoms. The maximum Gasteiger partial charge on any atom is 0.305 e. The molecule has 0 amide bonds. The van der Waals surface area contributed by atoms with Gasteiger partial charge in [-0.3, -0.25) is 33.6 Å². The molecule has 0 aromatic carbocycles. The van der Waals surface area contributed by atoms with Crippen LogP contribution in [0, 0.1) is 16.7 Å². The Morgan fingerprint density at radius 3 is 0.875 bits per heavy atom. The molecular weight excluding hydrogens is 939 g/mol. The van der Waals surface area contributed by atoms with E-state index in [1.807, 2.05) is 14.1 Å². The maximum absolute atomic E-state index is 13.6. The lowest BCUT2D eigenvalue weighted by Gasteiger charge is -2.28. The molecule has 0 rings (SSSR count). The van der Waals surface area contributed by atoms with Crippen molar-refractivity contribution in [3.63, 3.8) is 0 Å². The molecular formula is C57H103NO13S. The molecule has 15 heteroatoms. The van der Waals surface area contributed by atoms with E-state index in [-0.39, 0.29) is 81.5 Å². The van der Waals surface area contributed by atoms with Crippen LogP contribution in [0.4, 0.5) is 0 Å². The highest BCUT2D eigenvalue weighted by Gasteiger charge is 2.32. The zero-order chi connectivity index (χ0) is 53.7. The van der Waals surface area contributed by atoms with Gasteiger partial charge in [0.25, 0.3) is 0 Å². The highest BCUT2D eigenvalue weighted by molar-refractivity contribution is 8.13. The Labute approximate surface area is 441 Å². The second kappa shape index (κ2) is 45.2. The van der Waals surface area contributed by atoms with Gasteiger partial charge in [-0.2, -0.15) is 0 Å². The van der Waals surface area contributed by atoms with Gasteiger partial charge in [0.15, 0.2) is 5.12 Å². The van der Waals surface area contributed by atoms with E-state index < -0.39 is 28.7 Å². The predicted octanol–water partition coefficient (Wildman–Crippen LogP) is 12.9. The number of nitrogens with zero attached hydrogens (tertiary/aromatic N) is 1. The number of rotatable bonds is 49. The summed E-state index contributed by atoms with van der Waals surface area (Å²) in [5.74, 6) is -2.06. The fourth-order valence-electron chi connectivity index (χ4n) is 7.74. The summed E-state index contributed by atoms with van der Waals surface area (Å²) < 4.78 is 34.0. The molecule has 0 aliphatic rings. The van der Waals surface area contributed by atoms with Gasteiger partial charge in [0.05, 0.1) is 10.8 Å². The van der Waals surface area contributed by atoms with Gasteiger partial charge >= 0.3 is 35.8 Å². The van der Waals surface area contributed by atoms with Crippen molar-refractivity contribution in [3.8, 4) is 0 Å². The summed E-state index contributed by atoms with van der Waals surface area (Å²) in [6, 6.07) is 0. The third kappa shape index (κ3) is 41.2. The van der Waals surface area contributed by atoms with Crippen LogP contribution in [0.15, 0.2) is 0 Å². The lowest BCUT2D eigenvalue weighted by atomic mass is 9.94. The minimum atomic E-state index is -0.949. The fraction of sp³-hybridized carbons (Fsp3) is 0.877. The molecule has 0 atom stereocenters. The monoisotopic (exact) mass is 1040 g/mol. The number of esters is 6. The van der Waals surface area contributed by atoms with Crippen LogP contribution in [0.5, 0.6) is 0 Å². The van der Waals surface area contributed by atoms with Crippen molar-refractivity contribution in [1.29, 1.82) is 0 Å². The van der Waals surface area contributed by atoms with E-state index in [1.54, 1.807) is 13.8 Å². The molecule has 0 N–H and O–H groups in total. The summed E-state index contributed by atoms with van der Waals surface area (Å²) in [5, 5.41) is 0.00867. The van der Waals surface area contributed by atoms with Crippen LogP contribution in [0.2, 0.25) is 0 Å². The first-order chi connectivity index (χ1) is 34.5. The lowest BCUT2D eigenvalue weighted by molar-refractivity contribution is -0.163. The summed E-state index contributed by atoms with van der Waals surface area (Å²) in [5.41, 5.74) is -1.90. The molecule has 0 aliphatic heterocycles. The number of carbonyl (C=O) groups excluding carboxylic acids is 7. The summed E-state index contributed by atoms with van der Waals surface area (Å²) in [7, 11) is 3.97. The topological polar surface area (TPSA) is 178 Å². The molecule has 0 saturated carbocycles. The van der Waals surface area contributed by atoms with E-state index in [0.29, 0.717) is 57.1 Å². The smallest absolute Gasteiger partial charge is 0.305 e. The highest BCUT2D eigenvalue weighted by Crippen LogP contribution is 2.26. The average Bonchev–Trinajstić information content (AvgIpc) is 3.35. The number of carbonyl (C=O) groups is 7. The van der Waals surface area contributed by atoms with Gasteiger partial charge in [0.2, 0.25) is 0 Å². The molecule has 0 aliphatic carbocycles. The largest absolute Gasteiger partial charge is 0.465 e. The normalized spacial score (nSPS) is 11.7. The molecule has 0 fully saturated rings. The molecule has 0 spiro atoms. The first-order valence-electron chi connectivity index (χ1n) is 28.3. The lowest BCUT2D eigenvalue weighted by Crippen LogP contribution is -2.37. The van der Waals surface area contributed by atoms with Crippen LogP contribution in [0.1, 0.15) is 241 Å². The number of hydrogen-bond acceptors (Lipinski definition) is 15. The van der Waals surface area contributed by atoms with E-state index in [4.69, 9.17) is 28.4 Å². The average molecular weight is 1040 g/mol. The van der Waals surface area contributed by atoms with Crippen molar-refractivity contribution >= 4 is 52.7 Å². The quantitative estimate of drug-likeness (QED) is 0.0319. The SMILES string of the molecule is CCCCCCCC(=O)OCC(C)(COC(=O)CCCCCCC)COC(=O)CCCC(CCCC(=O)OCC(C)(COC(=O)CCCCCCC)COC(=O)CCCCCCC)C(=O)SCCCN(C)C. The van der Waals surface area contributed by atoms with Crippen LogP contribution in [0.3, 0.4) is 0 Å². The maximum atomic E-state index is 13.6. The zero-order valence-electron chi connectivity index (χ0n) is 46.8. The summed E-state index contributed by atoms with van der Waals surface area (Å²) in [4.78, 5) is 92.6. The third-order valence-electron chi connectivity index (χ3n) is 12.6. The standard InChI is InChI=1S/C57H103NO13S/c1-9-13-17-21-25-34-49(59)66-42-56(5,43-67-50(60)35-26-22-18-14-10-2)46-70-53(63)38-29-32-48(55(65)72-41-31-40-58(7)8)33-30-39-54(64)71-47-57(6,44-68-51(61)36-27-23-19-15-11-3)45-69-52(62)37-28-24-20-16-12-4/h48H,9-47H2,1-8H3. The fourth-order valence-corrected chi connectivity index (χ4v) is 8.69. The summed E-state index contributed by atoms with van der Waals surface area (Å²) >= 11 is 1.27. The molecule has 0 heterocycles. The molecule has 0 unspecified atom stereocenters. The van der Waals surface area contributed by atoms with Crippen LogP contribution < -0.4 is 0 Å². The van der Waals surface area contributed by atoms with Crippen LogP contribution in [-0.4, -0.2) is 112 Å². The Bertz CT molecular complexity index is 1300. The number of hydrogen-bond donors (Lipinski definition) is 0. The van der Waals surface area contributed by atoms with E-state index >= 15 is 0 Å². The van der Waals surface area contributed by atoms with Crippen molar-refractivity contribution < 1.29 is 62.0 Å². The molecule has 420 valence electrons. The van der Waals surface area contributed by atoms with Gasteiger partial charge in [0.1, 0.15) is 39.6 Å². The van der Waals surface area contributed by atoms with Crippen LogP contribution >= 0.6 is 11.8 Å². The summed E-state index contributed by atoms with van der Waals surface area (Å²) in [6.45, 7) is 12.4. The van der Waals surface area contributed by atoms with E-state index in [9.17, 15) is 33.6 Å². The Morgan fingerprint density at radius 2 is 0.625 bits per heavy atom. The molecule has 0 radical (unpaired) electrons. The van der Waals surface area contributed by atoms with Gasteiger partial charge < -0.3 is 33.3 Å². The molecule has 72 heavy (non-hydrogen) atoms. The second-order valence-corrected chi connectivity index (χ2v) is 22.1. The molecule has 0 aromatic heterocycles. The minimum absolute atomic E-state index is 0.00867. The van der Waals surface area contributed by atoms with E-state index in [2.05, 4.69) is 32.6 Å². The second-order valence-electron chi connectivity index (χ2n) is 21.0. The van der Waals surface area contributed by atoms with Gasteiger partial charge in [0, 0.05) is 50.2 Å². The molecule has 0 saturated heterocycles. The number of thioether (sulfide) groups is 1. The first-order valence-corrected chi connectivity index (χ1v) is 29.3. The van der Waals surface area contributed by atoms with Crippen molar-refractivity contribution in [1.82, 2.24) is 4.90 Å². The Hall–Kier alpha value is -3.20. The Morgan fingerprint density at radius 1 is 0.375 bits per heavy atom. The van der Waals surface area contributed by atoms with Gasteiger partial charge in [-0.05, 0) is 92.3 Å².